The molecule has 0 bridgehead atoms. The zero-order chi connectivity index (χ0) is 11.4. The molecule has 0 radical (unpaired) electrons. The standard InChI is InChI=1S/C12H23NO2/c1-4-5-11(12(14)15)13-7-9(2)6-10(3)8-13/h9-11H,4-8H2,1-3H3,(H,14,15). The molecule has 0 amide bonds. The molecule has 3 unspecified atom stereocenters. The van der Waals surface area contributed by atoms with Crippen molar-refractivity contribution in [3.63, 3.8) is 0 Å². The number of rotatable bonds is 4. The van der Waals surface area contributed by atoms with Gasteiger partial charge in [0.05, 0.1) is 0 Å². The minimum Gasteiger partial charge on any atom is -0.480 e. The Morgan fingerprint density at radius 1 is 1.40 bits per heavy atom. The van der Waals surface area contributed by atoms with E-state index >= 15 is 0 Å². The Balaban J connectivity index is 2.61. The number of hydrogen-bond donors (Lipinski definition) is 1. The first-order chi connectivity index (χ1) is 7.04. The third-order valence-electron chi connectivity index (χ3n) is 3.19. The molecule has 0 aromatic rings. The maximum atomic E-state index is 11.2. The third-order valence-corrected chi connectivity index (χ3v) is 3.19. The molecule has 0 aromatic heterocycles. The zero-order valence-corrected chi connectivity index (χ0v) is 10.1. The maximum absolute atomic E-state index is 11.2. The molecular weight excluding hydrogens is 190 g/mol. The van der Waals surface area contributed by atoms with Gasteiger partial charge in [-0.1, -0.05) is 27.2 Å². The molecule has 0 spiro atoms. The quantitative estimate of drug-likeness (QED) is 0.778. The van der Waals surface area contributed by atoms with Gasteiger partial charge >= 0.3 is 5.97 Å². The van der Waals surface area contributed by atoms with Gasteiger partial charge in [-0.25, -0.2) is 0 Å². The number of nitrogens with zero attached hydrogens (tertiary/aromatic N) is 1. The third kappa shape index (κ3) is 3.49. The van der Waals surface area contributed by atoms with E-state index in [1.165, 1.54) is 6.42 Å². The van der Waals surface area contributed by atoms with Crippen molar-refractivity contribution in [2.24, 2.45) is 11.8 Å². The highest BCUT2D eigenvalue weighted by Gasteiger charge is 2.30. The predicted molar refractivity (Wildman–Crippen MR) is 60.8 cm³/mol. The maximum Gasteiger partial charge on any atom is 0.320 e. The Hall–Kier alpha value is -0.570. The van der Waals surface area contributed by atoms with Crippen molar-refractivity contribution in [1.29, 1.82) is 0 Å². The average molecular weight is 213 g/mol. The van der Waals surface area contributed by atoms with Crippen LogP contribution in [0.25, 0.3) is 0 Å². The summed E-state index contributed by atoms with van der Waals surface area (Å²) in [6, 6.07) is -0.264. The van der Waals surface area contributed by atoms with Crippen molar-refractivity contribution in [2.45, 2.75) is 46.1 Å². The Morgan fingerprint density at radius 2 is 1.93 bits per heavy atom. The van der Waals surface area contributed by atoms with E-state index in [9.17, 15) is 9.90 Å². The molecule has 1 rings (SSSR count). The summed E-state index contributed by atoms with van der Waals surface area (Å²) < 4.78 is 0. The highest BCUT2D eigenvalue weighted by atomic mass is 16.4. The van der Waals surface area contributed by atoms with Gasteiger partial charge in [-0.2, -0.15) is 0 Å². The summed E-state index contributed by atoms with van der Waals surface area (Å²) in [5.41, 5.74) is 0. The normalized spacial score (nSPS) is 30.1. The van der Waals surface area contributed by atoms with E-state index in [4.69, 9.17) is 0 Å². The minimum atomic E-state index is -0.654. The lowest BCUT2D eigenvalue weighted by Crippen LogP contribution is -2.48. The first-order valence-electron chi connectivity index (χ1n) is 6.01. The molecular formula is C12H23NO2. The summed E-state index contributed by atoms with van der Waals surface area (Å²) in [7, 11) is 0. The molecule has 88 valence electrons. The van der Waals surface area contributed by atoms with Crippen molar-refractivity contribution >= 4 is 5.97 Å². The van der Waals surface area contributed by atoms with Crippen LogP contribution < -0.4 is 0 Å². The van der Waals surface area contributed by atoms with Crippen molar-refractivity contribution < 1.29 is 9.90 Å². The molecule has 15 heavy (non-hydrogen) atoms. The summed E-state index contributed by atoms with van der Waals surface area (Å²) in [6.07, 6.45) is 2.94. The molecule has 1 N–H and O–H groups in total. The van der Waals surface area contributed by atoms with Crippen LogP contribution in [0.5, 0.6) is 0 Å². The number of carboxylic acids is 1. The molecule has 0 aromatic carbocycles. The van der Waals surface area contributed by atoms with E-state index in [1.54, 1.807) is 0 Å². The average Bonchev–Trinajstić information content (AvgIpc) is 2.11. The van der Waals surface area contributed by atoms with E-state index in [-0.39, 0.29) is 6.04 Å². The molecule has 3 atom stereocenters. The Morgan fingerprint density at radius 3 is 2.33 bits per heavy atom. The van der Waals surface area contributed by atoms with E-state index < -0.39 is 5.97 Å². The van der Waals surface area contributed by atoms with Crippen LogP contribution in [0.3, 0.4) is 0 Å². The molecule has 1 aliphatic rings. The van der Waals surface area contributed by atoms with Gasteiger partial charge in [-0.15, -0.1) is 0 Å². The summed E-state index contributed by atoms with van der Waals surface area (Å²) in [6.45, 7) is 8.37. The fourth-order valence-electron chi connectivity index (χ4n) is 2.70. The molecule has 1 heterocycles. The van der Waals surface area contributed by atoms with Crippen molar-refractivity contribution in [3.05, 3.63) is 0 Å². The van der Waals surface area contributed by atoms with Gasteiger partial charge in [0.25, 0.3) is 0 Å². The van der Waals surface area contributed by atoms with Crippen molar-refractivity contribution in [3.8, 4) is 0 Å². The van der Waals surface area contributed by atoms with Gasteiger partial charge in [0.2, 0.25) is 0 Å². The molecule has 0 saturated carbocycles. The summed E-state index contributed by atoms with van der Waals surface area (Å²) in [5.74, 6) is 0.609. The molecule has 3 heteroatoms. The first kappa shape index (κ1) is 12.5. The Kier molecular flexibility index (Phi) is 4.58. The number of likely N-dealkylation sites (tertiary alicyclic amines) is 1. The van der Waals surface area contributed by atoms with Crippen LogP contribution in [-0.2, 0) is 4.79 Å². The SMILES string of the molecule is CCCC(C(=O)O)N1CC(C)CC(C)C1. The highest BCUT2D eigenvalue weighted by Crippen LogP contribution is 2.24. The van der Waals surface area contributed by atoms with Gasteiger partial charge in [-0.3, -0.25) is 9.69 Å². The van der Waals surface area contributed by atoms with E-state index in [2.05, 4.69) is 18.7 Å². The number of carboxylic acid groups (broad SMARTS) is 1. The smallest absolute Gasteiger partial charge is 0.320 e. The fourth-order valence-corrected chi connectivity index (χ4v) is 2.70. The second-order valence-electron chi connectivity index (χ2n) is 5.04. The first-order valence-corrected chi connectivity index (χ1v) is 6.01. The van der Waals surface area contributed by atoms with Crippen LogP contribution in [0.2, 0.25) is 0 Å². The van der Waals surface area contributed by atoms with E-state index in [0.717, 1.165) is 25.9 Å². The van der Waals surface area contributed by atoms with E-state index in [0.29, 0.717) is 11.8 Å². The van der Waals surface area contributed by atoms with Crippen LogP contribution in [0, 0.1) is 11.8 Å². The predicted octanol–water partition coefficient (Wildman–Crippen LogP) is 2.22. The molecule has 3 nitrogen and oxygen atoms in total. The topological polar surface area (TPSA) is 40.5 Å². The Labute approximate surface area is 92.5 Å². The summed E-state index contributed by atoms with van der Waals surface area (Å²) in [4.78, 5) is 13.3. The number of hydrogen-bond acceptors (Lipinski definition) is 2. The fraction of sp³-hybridized carbons (Fsp3) is 0.917. The second kappa shape index (κ2) is 5.50. The van der Waals surface area contributed by atoms with Crippen LogP contribution in [0.15, 0.2) is 0 Å². The summed E-state index contributed by atoms with van der Waals surface area (Å²) in [5, 5.41) is 9.19. The lowest BCUT2D eigenvalue weighted by Gasteiger charge is -2.38. The van der Waals surface area contributed by atoms with Gasteiger partial charge in [0.1, 0.15) is 6.04 Å². The Bertz CT molecular complexity index is 208. The van der Waals surface area contributed by atoms with Gasteiger partial charge < -0.3 is 5.11 Å². The largest absolute Gasteiger partial charge is 0.480 e. The zero-order valence-electron chi connectivity index (χ0n) is 10.1. The van der Waals surface area contributed by atoms with Crippen LogP contribution >= 0.6 is 0 Å². The van der Waals surface area contributed by atoms with Gasteiger partial charge in [0.15, 0.2) is 0 Å². The van der Waals surface area contributed by atoms with Crippen molar-refractivity contribution in [2.75, 3.05) is 13.1 Å². The highest BCUT2D eigenvalue weighted by molar-refractivity contribution is 5.73. The lowest BCUT2D eigenvalue weighted by molar-refractivity contribution is -0.144. The summed E-state index contributed by atoms with van der Waals surface area (Å²) >= 11 is 0. The molecule has 1 aliphatic heterocycles. The van der Waals surface area contributed by atoms with Gasteiger partial charge in [0, 0.05) is 13.1 Å². The number of piperidine rings is 1. The number of carbonyl (C=O) groups is 1. The van der Waals surface area contributed by atoms with Crippen LogP contribution in [0.4, 0.5) is 0 Å². The molecule has 1 fully saturated rings. The van der Waals surface area contributed by atoms with Crippen molar-refractivity contribution in [1.82, 2.24) is 4.90 Å². The van der Waals surface area contributed by atoms with Gasteiger partial charge in [-0.05, 0) is 24.7 Å². The number of aliphatic carboxylic acids is 1. The monoisotopic (exact) mass is 213 g/mol. The molecule has 1 saturated heterocycles. The lowest BCUT2D eigenvalue weighted by atomic mass is 9.90. The molecule has 0 aliphatic carbocycles. The van der Waals surface area contributed by atoms with Crippen LogP contribution in [0.1, 0.15) is 40.0 Å². The van der Waals surface area contributed by atoms with Crippen LogP contribution in [-0.4, -0.2) is 35.1 Å². The minimum absolute atomic E-state index is 0.264. The second-order valence-corrected chi connectivity index (χ2v) is 5.04. The van der Waals surface area contributed by atoms with E-state index in [1.807, 2.05) is 6.92 Å².